The van der Waals surface area contributed by atoms with Gasteiger partial charge in [-0.05, 0) is 13.3 Å². The smallest absolute Gasteiger partial charge is 0.315 e. The van der Waals surface area contributed by atoms with E-state index in [4.69, 9.17) is 10.2 Å². The van der Waals surface area contributed by atoms with Crippen molar-refractivity contribution >= 4 is 6.03 Å². The van der Waals surface area contributed by atoms with Crippen molar-refractivity contribution in [2.75, 3.05) is 6.61 Å². The Morgan fingerprint density at radius 3 is 2.67 bits per heavy atom. The third kappa shape index (κ3) is 2.09. The molecule has 1 heterocycles. The first-order valence-electron chi connectivity index (χ1n) is 3.99. The van der Waals surface area contributed by atoms with Crippen molar-refractivity contribution in [1.82, 2.24) is 10.6 Å². The Hall–Kier alpha value is -0.810. The Balaban J connectivity index is 2.37. The van der Waals surface area contributed by atoms with Gasteiger partial charge >= 0.3 is 6.03 Å². The first-order chi connectivity index (χ1) is 5.63. The van der Waals surface area contributed by atoms with Gasteiger partial charge in [0, 0.05) is 6.04 Å². The van der Waals surface area contributed by atoms with Crippen LogP contribution in [0.4, 0.5) is 4.79 Å². The monoisotopic (exact) mass is 174 g/mol. The van der Waals surface area contributed by atoms with E-state index in [1.165, 1.54) is 0 Å². The van der Waals surface area contributed by atoms with Crippen LogP contribution in [0.15, 0.2) is 0 Å². The van der Waals surface area contributed by atoms with E-state index in [-0.39, 0.29) is 24.7 Å². The normalized spacial score (nSPS) is 31.1. The number of carbonyl (C=O) groups excluding carboxylic acids is 1. The Kier molecular flexibility index (Phi) is 2.88. The molecular formula is C7H14N2O3. The number of aliphatic hydroxyl groups is 2. The molecule has 1 aliphatic rings. The highest BCUT2D eigenvalue weighted by atomic mass is 16.3. The molecule has 0 aromatic carbocycles. The summed E-state index contributed by atoms with van der Waals surface area (Å²) in [6, 6.07) is -0.281. The highest BCUT2D eigenvalue weighted by Crippen LogP contribution is 2.07. The van der Waals surface area contributed by atoms with E-state index < -0.39 is 6.10 Å². The first kappa shape index (κ1) is 9.28. The summed E-state index contributed by atoms with van der Waals surface area (Å²) >= 11 is 0. The predicted molar refractivity (Wildman–Crippen MR) is 42.6 cm³/mol. The maximum absolute atomic E-state index is 10.8. The summed E-state index contributed by atoms with van der Waals surface area (Å²) in [5.74, 6) is 0. The maximum Gasteiger partial charge on any atom is 0.315 e. The lowest BCUT2D eigenvalue weighted by Crippen LogP contribution is -2.35. The number of carbonyl (C=O) groups is 1. The van der Waals surface area contributed by atoms with Gasteiger partial charge in [-0.15, -0.1) is 0 Å². The molecule has 5 heteroatoms. The number of urea groups is 1. The summed E-state index contributed by atoms with van der Waals surface area (Å²) in [6.45, 7) is 1.59. The van der Waals surface area contributed by atoms with Crippen molar-refractivity contribution in [3.8, 4) is 0 Å². The number of nitrogens with one attached hydrogen (secondary N) is 2. The minimum absolute atomic E-state index is 0.0127. The Morgan fingerprint density at radius 1 is 1.58 bits per heavy atom. The standard InChI is InChI=1S/C7H14N2O3/c1-4-6(2-5(11)3-10)9-7(12)8-4/h4-6,10-11H,2-3H2,1H3,(H2,8,9,12). The van der Waals surface area contributed by atoms with Crippen LogP contribution in [0.2, 0.25) is 0 Å². The van der Waals surface area contributed by atoms with E-state index in [9.17, 15) is 4.79 Å². The van der Waals surface area contributed by atoms with Crippen LogP contribution in [-0.2, 0) is 0 Å². The van der Waals surface area contributed by atoms with Crippen LogP contribution < -0.4 is 10.6 Å². The number of hydrogen-bond acceptors (Lipinski definition) is 3. The lowest BCUT2D eigenvalue weighted by molar-refractivity contribution is 0.0798. The van der Waals surface area contributed by atoms with E-state index in [2.05, 4.69) is 10.6 Å². The molecule has 0 radical (unpaired) electrons. The highest BCUT2D eigenvalue weighted by molar-refractivity contribution is 5.77. The fourth-order valence-corrected chi connectivity index (χ4v) is 1.27. The summed E-state index contributed by atoms with van der Waals surface area (Å²) < 4.78 is 0. The molecule has 3 unspecified atom stereocenters. The number of hydrogen-bond donors (Lipinski definition) is 4. The quantitative estimate of drug-likeness (QED) is 0.434. The summed E-state index contributed by atoms with van der Waals surface area (Å²) in [6.07, 6.45) is -0.367. The Bertz CT molecular complexity index is 174. The predicted octanol–water partition coefficient (Wildman–Crippen LogP) is -1.20. The second-order valence-electron chi connectivity index (χ2n) is 3.09. The lowest BCUT2D eigenvalue weighted by Gasteiger charge is -2.16. The van der Waals surface area contributed by atoms with Crippen LogP contribution in [0.25, 0.3) is 0 Å². The molecular weight excluding hydrogens is 160 g/mol. The van der Waals surface area contributed by atoms with Gasteiger partial charge in [0.15, 0.2) is 0 Å². The summed E-state index contributed by atoms with van der Waals surface area (Å²) in [7, 11) is 0. The van der Waals surface area contributed by atoms with Gasteiger partial charge in [-0.3, -0.25) is 0 Å². The van der Waals surface area contributed by atoms with Crippen LogP contribution in [0.5, 0.6) is 0 Å². The first-order valence-corrected chi connectivity index (χ1v) is 3.99. The number of rotatable bonds is 3. The zero-order valence-corrected chi connectivity index (χ0v) is 6.95. The van der Waals surface area contributed by atoms with Crippen molar-refractivity contribution in [2.45, 2.75) is 31.5 Å². The molecule has 5 nitrogen and oxygen atoms in total. The highest BCUT2D eigenvalue weighted by Gasteiger charge is 2.29. The van der Waals surface area contributed by atoms with Crippen LogP contribution in [0.3, 0.4) is 0 Å². The van der Waals surface area contributed by atoms with Crippen molar-refractivity contribution in [3.63, 3.8) is 0 Å². The summed E-state index contributed by atoms with van der Waals surface area (Å²) in [5, 5.41) is 23.0. The van der Waals surface area contributed by atoms with Gasteiger partial charge in [0.2, 0.25) is 0 Å². The molecule has 1 fully saturated rings. The molecule has 4 N–H and O–H groups in total. The van der Waals surface area contributed by atoms with Gasteiger partial charge in [-0.25, -0.2) is 4.79 Å². The van der Waals surface area contributed by atoms with Crippen LogP contribution in [0.1, 0.15) is 13.3 Å². The van der Waals surface area contributed by atoms with Crippen LogP contribution in [-0.4, -0.2) is 41.0 Å². The maximum atomic E-state index is 10.8. The fraction of sp³-hybridized carbons (Fsp3) is 0.857. The van der Waals surface area contributed by atoms with Gasteiger partial charge in [-0.1, -0.05) is 0 Å². The molecule has 0 aliphatic carbocycles. The lowest BCUT2D eigenvalue weighted by atomic mass is 10.1. The zero-order chi connectivity index (χ0) is 9.14. The van der Waals surface area contributed by atoms with Gasteiger partial charge in [0.05, 0.1) is 18.8 Å². The summed E-state index contributed by atoms with van der Waals surface area (Å²) in [5.41, 5.74) is 0. The van der Waals surface area contributed by atoms with E-state index in [0.717, 1.165) is 0 Å². The number of amides is 2. The molecule has 1 rings (SSSR count). The van der Waals surface area contributed by atoms with Crippen LogP contribution in [0, 0.1) is 0 Å². The van der Waals surface area contributed by atoms with E-state index in [0.29, 0.717) is 6.42 Å². The largest absolute Gasteiger partial charge is 0.394 e. The molecule has 1 aliphatic heterocycles. The van der Waals surface area contributed by atoms with Crippen molar-refractivity contribution in [3.05, 3.63) is 0 Å². The average Bonchev–Trinajstić information content (AvgIpc) is 2.30. The van der Waals surface area contributed by atoms with Crippen LogP contribution >= 0.6 is 0 Å². The molecule has 0 bridgehead atoms. The zero-order valence-electron chi connectivity index (χ0n) is 6.95. The second kappa shape index (κ2) is 3.73. The number of aliphatic hydroxyl groups excluding tert-OH is 2. The fourth-order valence-electron chi connectivity index (χ4n) is 1.27. The topological polar surface area (TPSA) is 81.6 Å². The van der Waals surface area contributed by atoms with Crippen molar-refractivity contribution < 1.29 is 15.0 Å². The van der Waals surface area contributed by atoms with E-state index in [1.807, 2.05) is 6.92 Å². The molecule has 12 heavy (non-hydrogen) atoms. The third-order valence-electron chi connectivity index (χ3n) is 2.02. The Labute approximate surface area is 70.8 Å². The Morgan fingerprint density at radius 2 is 2.25 bits per heavy atom. The molecule has 0 aromatic rings. The molecule has 3 atom stereocenters. The summed E-state index contributed by atoms with van der Waals surface area (Å²) in [4.78, 5) is 10.8. The van der Waals surface area contributed by atoms with Crippen molar-refractivity contribution in [1.29, 1.82) is 0 Å². The minimum Gasteiger partial charge on any atom is -0.394 e. The van der Waals surface area contributed by atoms with Gasteiger partial charge in [0.1, 0.15) is 0 Å². The molecule has 2 amide bonds. The van der Waals surface area contributed by atoms with E-state index in [1.54, 1.807) is 0 Å². The van der Waals surface area contributed by atoms with Gasteiger partial charge in [-0.2, -0.15) is 0 Å². The molecule has 0 saturated carbocycles. The molecule has 70 valence electrons. The second-order valence-corrected chi connectivity index (χ2v) is 3.09. The van der Waals surface area contributed by atoms with Gasteiger partial charge in [0.25, 0.3) is 0 Å². The van der Waals surface area contributed by atoms with Crippen molar-refractivity contribution in [2.24, 2.45) is 0 Å². The van der Waals surface area contributed by atoms with E-state index >= 15 is 0 Å². The molecule has 1 saturated heterocycles. The molecule has 0 spiro atoms. The minimum atomic E-state index is -0.752. The third-order valence-corrected chi connectivity index (χ3v) is 2.02. The SMILES string of the molecule is CC1NC(=O)NC1CC(O)CO. The van der Waals surface area contributed by atoms with Gasteiger partial charge < -0.3 is 20.8 Å². The molecule has 0 aromatic heterocycles. The average molecular weight is 174 g/mol.